The summed E-state index contributed by atoms with van der Waals surface area (Å²) in [5.41, 5.74) is 15.1. The zero-order chi connectivity index (χ0) is 37.7. The molecule has 2 aromatic carbocycles. The Morgan fingerprint density at radius 2 is 1.70 bits per heavy atom. The maximum absolute atomic E-state index is 12.4. The average Bonchev–Trinajstić information content (AvgIpc) is 3.89. The molecule has 12 nitrogen and oxygen atoms in total. The smallest absolute Gasteiger partial charge is 0.328 e. The lowest BCUT2D eigenvalue weighted by Crippen LogP contribution is -2.47. The van der Waals surface area contributed by atoms with Crippen molar-refractivity contribution in [1.29, 1.82) is 10.5 Å². The first-order valence-corrected chi connectivity index (χ1v) is 19.6. The Hall–Kier alpha value is -4.41. The predicted octanol–water partition coefficient (Wildman–Crippen LogP) is 6.47. The molecule has 3 heterocycles. The number of hydrogen-bond donors (Lipinski definition) is 3. The number of hydrogen-bond acceptors (Lipinski definition) is 13. The molecule has 0 aliphatic carbocycles. The van der Waals surface area contributed by atoms with E-state index in [9.17, 15) is 20.1 Å². The van der Waals surface area contributed by atoms with Crippen molar-refractivity contribution in [2.75, 3.05) is 37.7 Å². The Balaban J connectivity index is 0.00000650. The molecule has 2 atom stereocenters. The van der Waals surface area contributed by atoms with Gasteiger partial charge < -0.3 is 31.2 Å². The summed E-state index contributed by atoms with van der Waals surface area (Å²) < 4.78 is 11.1. The third-order valence-corrected chi connectivity index (χ3v) is 10.7. The van der Waals surface area contributed by atoms with E-state index < -0.39 is 24.0 Å². The number of rotatable bonds is 17. The minimum atomic E-state index is -0.867. The first-order valence-electron chi connectivity index (χ1n) is 17.3. The molecule has 5 N–H and O–H groups in total. The van der Waals surface area contributed by atoms with Crippen LogP contribution in [-0.4, -0.2) is 66.8 Å². The molecule has 1 fully saturated rings. The van der Waals surface area contributed by atoms with Gasteiger partial charge >= 0.3 is 5.97 Å². The third kappa shape index (κ3) is 11.1. The van der Waals surface area contributed by atoms with Gasteiger partial charge in [-0.15, -0.1) is 23.7 Å². The number of thiazole rings is 1. The van der Waals surface area contributed by atoms with Gasteiger partial charge in [-0.25, -0.2) is 14.8 Å². The van der Waals surface area contributed by atoms with Gasteiger partial charge in [0.1, 0.15) is 58.6 Å². The van der Waals surface area contributed by atoms with Crippen molar-refractivity contribution >= 4 is 64.8 Å². The van der Waals surface area contributed by atoms with Crippen LogP contribution in [0.25, 0.3) is 21.7 Å². The van der Waals surface area contributed by atoms with Gasteiger partial charge in [0.25, 0.3) is 0 Å². The topological polar surface area (TPSA) is 193 Å². The number of thioether (sulfide) groups is 1. The van der Waals surface area contributed by atoms with Gasteiger partial charge in [-0.05, 0) is 69.0 Å². The maximum atomic E-state index is 12.4. The number of benzene rings is 2. The van der Waals surface area contributed by atoms with Crippen molar-refractivity contribution < 1.29 is 19.1 Å². The van der Waals surface area contributed by atoms with Crippen LogP contribution in [0.4, 0.5) is 5.82 Å². The molecule has 1 saturated heterocycles. The number of anilines is 1. The van der Waals surface area contributed by atoms with Gasteiger partial charge in [0.2, 0.25) is 5.91 Å². The van der Waals surface area contributed by atoms with Crippen LogP contribution in [-0.2, 0) is 20.1 Å². The number of carbonyl (C=O) groups is 2. The molecule has 0 spiro atoms. The molecular weight excluding hydrogens is 768 g/mol. The Kier molecular flexibility index (Phi) is 16.4. The summed E-state index contributed by atoms with van der Waals surface area (Å²) in [5, 5.41) is 27.5. The van der Waals surface area contributed by atoms with Crippen LogP contribution < -0.4 is 26.4 Å². The Bertz CT molecular complexity index is 1960. The van der Waals surface area contributed by atoms with Crippen molar-refractivity contribution in [2.24, 2.45) is 11.5 Å². The van der Waals surface area contributed by atoms with Crippen molar-refractivity contribution in [3.8, 4) is 39.6 Å². The zero-order valence-corrected chi connectivity index (χ0v) is 33.0. The van der Waals surface area contributed by atoms with E-state index in [4.69, 9.17) is 42.5 Å². The monoisotopic (exact) mass is 808 g/mol. The van der Waals surface area contributed by atoms with E-state index in [1.165, 1.54) is 30.0 Å². The molecular formula is C38H42Cl2N8O4S2. The largest absolute Gasteiger partial charge is 0.490 e. The van der Waals surface area contributed by atoms with Crippen LogP contribution in [0.15, 0.2) is 58.9 Å². The van der Waals surface area contributed by atoms with Gasteiger partial charge in [0, 0.05) is 40.4 Å². The molecule has 4 aromatic rings. The lowest BCUT2D eigenvalue weighted by molar-refractivity contribution is -0.148. The molecule has 0 bridgehead atoms. The number of unbranched alkanes of at least 4 members (excludes halogenated alkanes) is 1. The molecule has 16 heteroatoms. The minimum Gasteiger partial charge on any atom is -0.490 e. The number of aromatic nitrogens is 2. The fraction of sp³-hybridized carbons (Fsp3) is 0.368. The minimum absolute atomic E-state index is 0. The van der Waals surface area contributed by atoms with Crippen molar-refractivity contribution in [2.45, 2.75) is 61.9 Å². The zero-order valence-electron chi connectivity index (χ0n) is 29.8. The second kappa shape index (κ2) is 20.9. The lowest BCUT2D eigenvalue weighted by atomic mass is 9.96. The number of nitrogens with two attached hydrogens (primary N) is 2. The highest BCUT2D eigenvalue weighted by Crippen LogP contribution is 2.40. The maximum Gasteiger partial charge on any atom is 0.328 e. The van der Waals surface area contributed by atoms with Crippen LogP contribution in [0.3, 0.4) is 0 Å². The van der Waals surface area contributed by atoms with Gasteiger partial charge in [0.15, 0.2) is 0 Å². The van der Waals surface area contributed by atoms with Gasteiger partial charge in [-0.3, -0.25) is 4.79 Å². The van der Waals surface area contributed by atoms with Crippen molar-refractivity contribution in [3.63, 3.8) is 0 Å². The first kappa shape index (κ1) is 42.3. The molecule has 1 amide bonds. The highest BCUT2D eigenvalue weighted by Gasteiger charge is 2.27. The summed E-state index contributed by atoms with van der Waals surface area (Å²) in [5.74, 6) is 0.550. The third-order valence-electron chi connectivity index (χ3n) is 8.53. The number of amides is 1. The van der Waals surface area contributed by atoms with E-state index in [0.717, 1.165) is 55.0 Å². The second-order valence-electron chi connectivity index (χ2n) is 12.4. The molecule has 54 heavy (non-hydrogen) atoms. The fourth-order valence-corrected chi connectivity index (χ4v) is 7.65. The molecule has 0 radical (unpaired) electrons. The molecule has 0 unspecified atom stereocenters. The SMILES string of the molecule is C[C@H](NC(=O)[C@@H](N)CCCCN)C(=O)OCCOc1ccc(-c2c(C#N)c(SCc3csc(-c4ccc(Cl)cc4)n3)nc(N3CCCC3)c2C#N)cc1.Cl. The Morgan fingerprint density at radius 1 is 1.02 bits per heavy atom. The number of halogens is 2. The number of nitriles is 2. The quantitative estimate of drug-likeness (QED) is 0.0599. The normalized spacial score (nSPS) is 13.3. The summed E-state index contributed by atoms with van der Waals surface area (Å²) in [7, 11) is 0. The molecule has 5 rings (SSSR count). The first-order chi connectivity index (χ1) is 25.7. The number of nitrogens with zero attached hydrogens (tertiary/aromatic N) is 5. The highest BCUT2D eigenvalue weighted by atomic mass is 35.5. The van der Waals surface area contributed by atoms with Crippen LogP contribution >= 0.6 is 47.1 Å². The Morgan fingerprint density at radius 3 is 2.37 bits per heavy atom. The van der Waals surface area contributed by atoms with Crippen LogP contribution in [0.1, 0.15) is 55.8 Å². The fourth-order valence-electron chi connectivity index (χ4n) is 5.72. The number of ether oxygens (including phenoxy) is 2. The predicted molar refractivity (Wildman–Crippen MR) is 215 cm³/mol. The summed E-state index contributed by atoms with van der Waals surface area (Å²) in [6, 6.07) is 17.7. The summed E-state index contributed by atoms with van der Waals surface area (Å²) in [6.07, 6.45) is 3.97. The van der Waals surface area contributed by atoms with Crippen LogP contribution in [0, 0.1) is 22.7 Å². The number of carbonyl (C=O) groups excluding carboxylic acids is 2. The van der Waals surface area contributed by atoms with Gasteiger partial charge in [-0.2, -0.15) is 10.5 Å². The summed E-state index contributed by atoms with van der Waals surface area (Å²) >= 11 is 9.01. The van der Waals surface area contributed by atoms with Gasteiger partial charge in [0.05, 0.1) is 17.3 Å². The number of pyridine rings is 1. The molecule has 284 valence electrons. The molecule has 2 aromatic heterocycles. The van der Waals surface area contributed by atoms with Crippen LogP contribution in [0.2, 0.25) is 5.02 Å². The molecule has 1 aliphatic heterocycles. The Labute approximate surface area is 334 Å². The lowest BCUT2D eigenvalue weighted by Gasteiger charge is -2.22. The van der Waals surface area contributed by atoms with E-state index in [-0.39, 0.29) is 25.6 Å². The average molecular weight is 810 g/mol. The van der Waals surface area contributed by atoms with Gasteiger partial charge in [-0.1, -0.05) is 54.0 Å². The standard InChI is InChI=1S/C38H41ClN8O4S2.ClH/c1-24(44-35(48)32(43)6-2-3-15-40)38(49)51-19-18-50-29-13-9-25(10-14-29)33-30(20-41)34(47-16-4-5-17-47)46-37(31(33)21-42)53-23-28-22-52-36(45-28)26-7-11-27(39)12-8-26;/h7-14,22,24,32H,2-6,15-19,23,40,43H2,1H3,(H,44,48);1H/t24-,32-;/m0./s1. The van der Waals surface area contributed by atoms with Crippen LogP contribution in [0.5, 0.6) is 5.75 Å². The van der Waals surface area contributed by atoms with E-state index in [1.54, 1.807) is 24.3 Å². The van der Waals surface area contributed by atoms with Crippen molar-refractivity contribution in [3.05, 3.63) is 75.8 Å². The van der Waals surface area contributed by atoms with E-state index in [0.29, 0.717) is 62.6 Å². The molecule has 0 saturated carbocycles. The van der Waals surface area contributed by atoms with E-state index in [1.807, 2.05) is 29.6 Å². The second-order valence-corrected chi connectivity index (χ2v) is 14.6. The summed E-state index contributed by atoms with van der Waals surface area (Å²) in [4.78, 5) is 36.5. The summed E-state index contributed by atoms with van der Waals surface area (Å²) in [6.45, 7) is 3.65. The van der Waals surface area contributed by atoms with E-state index >= 15 is 0 Å². The number of nitrogens with one attached hydrogen (secondary N) is 1. The highest BCUT2D eigenvalue weighted by molar-refractivity contribution is 7.98. The van der Waals surface area contributed by atoms with Crippen molar-refractivity contribution in [1.82, 2.24) is 15.3 Å². The van der Waals surface area contributed by atoms with E-state index in [2.05, 4.69) is 22.4 Å². The molecule has 1 aliphatic rings. The number of esters is 1.